The van der Waals surface area contributed by atoms with Gasteiger partial charge in [-0.25, -0.2) is 4.79 Å². The highest BCUT2D eigenvalue weighted by Gasteiger charge is 2.12. The van der Waals surface area contributed by atoms with Gasteiger partial charge in [0, 0.05) is 6.54 Å². The van der Waals surface area contributed by atoms with Crippen molar-refractivity contribution in [3.05, 3.63) is 95.6 Å². The van der Waals surface area contributed by atoms with E-state index in [0.717, 1.165) is 5.56 Å². The number of benzene rings is 3. The molecule has 0 aliphatic carbocycles. The minimum atomic E-state index is -0.979. The van der Waals surface area contributed by atoms with Crippen LogP contribution in [0.5, 0.6) is 11.5 Å². The number of ether oxygens (including phenoxy) is 1. The molecule has 5 nitrogen and oxygen atoms in total. The fourth-order valence-electron chi connectivity index (χ4n) is 2.40. The van der Waals surface area contributed by atoms with Crippen molar-refractivity contribution in [3.63, 3.8) is 0 Å². The second-order valence-electron chi connectivity index (χ2n) is 5.60. The lowest BCUT2D eigenvalue weighted by atomic mass is 10.1. The van der Waals surface area contributed by atoms with Crippen molar-refractivity contribution in [1.82, 2.24) is 5.32 Å². The van der Waals surface area contributed by atoms with Crippen molar-refractivity contribution in [2.75, 3.05) is 0 Å². The number of nitrogens with one attached hydrogen (secondary N) is 1. The van der Waals surface area contributed by atoms with E-state index >= 15 is 0 Å². The SMILES string of the molecule is O=C(O)c1ccc(CNC(=O)c2ccccc2Oc2ccccc2)cc1. The third-order valence-electron chi connectivity index (χ3n) is 3.76. The predicted molar refractivity (Wildman–Crippen MR) is 97.5 cm³/mol. The second-order valence-corrected chi connectivity index (χ2v) is 5.60. The summed E-state index contributed by atoms with van der Waals surface area (Å²) in [5, 5.41) is 11.7. The molecule has 3 aromatic rings. The Bertz CT molecular complexity index is 905. The average Bonchev–Trinajstić information content (AvgIpc) is 2.67. The monoisotopic (exact) mass is 347 g/mol. The lowest BCUT2D eigenvalue weighted by Crippen LogP contribution is -2.23. The highest BCUT2D eigenvalue weighted by molar-refractivity contribution is 5.97. The van der Waals surface area contributed by atoms with Crippen LogP contribution < -0.4 is 10.1 Å². The molecule has 0 aliphatic heterocycles. The summed E-state index contributed by atoms with van der Waals surface area (Å²) in [5.74, 6) is -0.124. The Labute approximate surface area is 150 Å². The molecule has 0 atom stereocenters. The van der Waals surface area contributed by atoms with Crippen LogP contribution >= 0.6 is 0 Å². The zero-order valence-electron chi connectivity index (χ0n) is 13.9. The van der Waals surface area contributed by atoms with Gasteiger partial charge in [0.05, 0.1) is 11.1 Å². The number of hydrogen-bond acceptors (Lipinski definition) is 3. The van der Waals surface area contributed by atoms with Crippen molar-refractivity contribution in [3.8, 4) is 11.5 Å². The maximum Gasteiger partial charge on any atom is 0.335 e. The molecular weight excluding hydrogens is 330 g/mol. The van der Waals surface area contributed by atoms with E-state index in [1.165, 1.54) is 12.1 Å². The average molecular weight is 347 g/mol. The molecule has 1 amide bonds. The number of amides is 1. The van der Waals surface area contributed by atoms with E-state index in [-0.39, 0.29) is 11.5 Å². The molecule has 3 rings (SSSR count). The lowest BCUT2D eigenvalue weighted by Gasteiger charge is -2.11. The van der Waals surface area contributed by atoms with Gasteiger partial charge in [-0.3, -0.25) is 4.79 Å². The number of rotatable bonds is 6. The maximum absolute atomic E-state index is 12.5. The van der Waals surface area contributed by atoms with Gasteiger partial charge in [0.2, 0.25) is 0 Å². The van der Waals surface area contributed by atoms with Crippen LogP contribution in [0.2, 0.25) is 0 Å². The van der Waals surface area contributed by atoms with Gasteiger partial charge in [-0.2, -0.15) is 0 Å². The number of hydrogen-bond donors (Lipinski definition) is 2. The summed E-state index contributed by atoms with van der Waals surface area (Å²) in [7, 11) is 0. The normalized spacial score (nSPS) is 10.2. The fraction of sp³-hybridized carbons (Fsp3) is 0.0476. The molecule has 0 radical (unpaired) electrons. The quantitative estimate of drug-likeness (QED) is 0.704. The number of carbonyl (C=O) groups excluding carboxylic acids is 1. The third-order valence-corrected chi connectivity index (χ3v) is 3.76. The molecule has 0 spiro atoms. The summed E-state index contributed by atoms with van der Waals surface area (Å²) in [6.07, 6.45) is 0. The van der Waals surface area contributed by atoms with Crippen LogP contribution in [0.25, 0.3) is 0 Å². The van der Waals surface area contributed by atoms with Crippen molar-refractivity contribution in [2.24, 2.45) is 0 Å². The van der Waals surface area contributed by atoms with E-state index in [1.54, 1.807) is 36.4 Å². The molecule has 5 heteroatoms. The van der Waals surface area contributed by atoms with E-state index in [2.05, 4.69) is 5.32 Å². The highest BCUT2D eigenvalue weighted by atomic mass is 16.5. The molecule has 3 aromatic carbocycles. The Morgan fingerprint density at radius 3 is 2.19 bits per heavy atom. The van der Waals surface area contributed by atoms with E-state index < -0.39 is 5.97 Å². The first kappa shape index (κ1) is 17.2. The molecule has 0 saturated heterocycles. The van der Waals surface area contributed by atoms with Gasteiger partial charge in [0.25, 0.3) is 5.91 Å². The minimum absolute atomic E-state index is 0.210. The molecule has 0 heterocycles. The molecule has 2 N–H and O–H groups in total. The zero-order chi connectivity index (χ0) is 18.4. The minimum Gasteiger partial charge on any atom is -0.478 e. The molecule has 0 aliphatic rings. The first-order valence-corrected chi connectivity index (χ1v) is 8.06. The van der Waals surface area contributed by atoms with Crippen molar-refractivity contribution >= 4 is 11.9 Å². The Morgan fingerprint density at radius 1 is 0.846 bits per heavy atom. The number of carboxylic acids is 1. The maximum atomic E-state index is 12.5. The van der Waals surface area contributed by atoms with Gasteiger partial charge >= 0.3 is 5.97 Å². The summed E-state index contributed by atoms with van der Waals surface area (Å²) in [6.45, 7) is 0.290. The largest absolute Gasteiger partial charge is 0.478 e. The Kier molecular flexibility index (Phi) is 5.29. The number of para-hydroxylation sites is 2. The summed E-state index contributed by atoms with van der Waals surface area (Å²) in [5.41, 5.74) is 1.45. The van der Waals surface area contributed by atoms with E-state index in [1.807, 2.05) is 30.3 Å². The van der Waals surface area contributed by atoms with Gasteiger partial charge in [0.15, 0.2) is 0 Å². The zero-order valence-corrected chi connectivity index (χ0v) is 13.9. The molecule has 0 unspecified atom stereocenters. The smallest absolute Gasteiger partial charge is 0.335 e. The second kappa shape index (κ2) is 7.98. The predicted octanol–water partition coefficient (Wildman–Crippen LogP) is 4.11. The molecule has 0 saturated carbocycles. The van der Waals surface area contributed by atoms with Crippen LogP contribution in [0.4, 0.5) is 0 Å². The van der Waals surface area contributed by atoms with Gasteiger partial charge in [0.1, 0.15) is 11.5 Å². The standard InChI is InChI=1S/C21H17NO4/c23-20(22-14-15-10-12-16(13-11-15)21(24)25)18-8-4-5-9-19(18)26-17-6-2-1-3-7-17/h1-13H,14H2,(H,22,23)(H,24,25). The number of carboxylic acid groups (broad SMARTS) is 1. The van der Waals surface area contributed by atoms with Crippen LogP contribution in [-0.2, 0) is 6.54 Å². The van der Waals surface area contributed by atoms with Gasteiger partial charge < -0.3 is 15.2 Å². The molecular formula is C21H17NO4. The van der Waals surface area contributed by atoms with E-state index in [4.69, 9.17) is 9.84 Å². The summed E-state index contributed by atoms with van der Waals surface area (Å²) >= 11 is 0. The van der Waals surface area contributed by atoms with Gasteiger partial charge in [-0.1, -0.05) is 42.5 Å². The molecule has 0 bridgehead atoms. The van der Waals surface area contributed by atoms with Crippen LogP contribution in [0.3, 0.4) is 0 Å². The number of aromatic carboxylic acids is 1. The van der Waals surface area contributed by atoms with Crippen molar-refractivity contribution < 1.29 is 19.4 Å². The molecule has 130 valence electrons. The summed E-state index contributed by atoms with van der Waals surface area (Å²) in [4.78, 5) is 23.4. The van der Waals surface area contributed by atoms with Gasteiger partial charge in [-0.05, 0) is 42.0 Å². The van der Waals surface area contributed by atoms with Crippen LogP contribution in [0.1, 0.15) is 26.3 Å². The van der Waals surface area contributed by atoms with Crippen LogP contribution in [0, 0.1) is 0 Å². The molecule has 26 heavy (non-hydrogen) atoms. The van der Waals surface area contributed by atoms with Crippen molar-refractivity contribution in [2.45, 2.75) is 6.54 Å². The molecule has 0 fully saturated rings. The lowest BCUT2D eigenvalue weighted by molar-refractivity contribution is 0.0696. The third kappa shape index (κ3) is 4.27. The Balaban J connectivity index is 1.69. The van der Waals surface area contributed by atoms with Gasteiger partial charge in [-0.15, -0.1) is 0 Å². The molecule has 0 aromatic heterocycles. The fourth-order valence-corrected chi connectivity index (χ4v) is 2.40. The van der Waals surface area contributed by atoms with E-state index in [0.29, 0.717) is 23.6 Å². The van der Waals surface area contributed by atoms with Crippen molar-refractivity contribution in [1.29, 1.82) is 0 Å². The first-order valence-electron chi connectivity index (χ1n) is 8.06. The summed E-state index contributed by atoms with van der Waals surface area (Å²) in [6, 6.07) is 22.6. The Morgan fingerprint density at radius 2 is 1.50 bits per heavy atom. The van der Waals surface area contributed by atoms with Crippen LogP contribution in [-0.4, -0.2) is 17.0 Å². The topological polar surface area (TPSA) is 75.6 Å². The Hall–Kier alpha value is -3.60. The van der Waals surface area contributed by atoms with E-state index in [9.17, 15) is 9.59 Å². The van der Waals surface area contributed by atoms with Crippen LogP contribution in [0.15, 0.2) is 78.9 Å². The number of carbonyl (C=O) groups is 2. The first-order chi connectivity index (χ1) is 12.6. The highest BCUT2D eigenvalue weighted by Crippen LogP contribution is 2.25. The summed E-state index contributed by atoms with van der Waals surface area (Å²) < 4.78 is 5.80.